The van der Waals surface area contributed by atoms with Crippen LogP contribution in [0.2, 0.25) is 0 Å². The first-order chi connectivity index (χ1) is 6.31. The zero-order valence-electron chi connectivity index (χ0n) is 7.26. The van der Waals surface area contributed by atoms with Crippen LogP contribution in [0.15, 0.2) is 40.9 Å². The first-order valence-corrected chi connectivity index (χ1v) is 5.07. The Balaban J connectivity index is 2.72. The number of hydrogen-bond donors (Lipinski definition) is 1. The van der Waals surface area contributed by atoms with Crippen molar-refractivity contribution in [2.75, 3.05) is 0 Å². The summed E-state index contributed by atoms with van der Waals surface area (Å²) in [5.41, 5.74) is 5.16. The number of benzene rings is 2. The Morgan fingerprint density at radius 1 is 1.15 bits per heavy atom. The summed E-state index contributed by atoms with van der Waals surface area (Å²) in [4.78, 5) is 0. The molecule has 66 valence electrons. The molecule has 0 saturated heterocycles. The molecule has 0 radical (unpaired) electrons. The van der Waals surface area contributed by atoms with Crippen LogP contribution in [-0.2, 0) is 6.54 Å². The van der Waals surface area contributed by atoms with Gasteiger partial charge in [-0.05, 0) is 22.9 Å². The fourth-order valence-corrected chi connectivity index (χ4v) is 1.96. The summed E-state index contributed by atoms with van der Waals surface area (Å²) in [6, 6.07) is 12.7. The Labute approximate surface area is 85.7 Å². The topological polar surface area (TPSA) is 27.6 Å². The van der Waals surface area contributed by atoms with Crippen LogP contribution in [0.4, 0.5) is 0 Å². The molecule has 2 aromatic carbocycles. The van der Waals surface area contributed by atoms with Gasteiger partial charge in [0.2, 0.25) is 0 Å². The van der Waals surface area contributed by atoms with Crippen molar-refractivity contribution in [3.05, 3.63) is 46.4 Å². The molecule has 0 unspecified atom stereocenters. The molecule has 0 fully saturated rings. The smallest absolute Gasteiger partial charge is 0.0997 e. The minimum atomic E-state index is 0.850. The number of fused-ring (bicyclic) bond motifs is 1. The van der Waals surface area contributed by atoms with E-state index in [0.717, 1.165) is 11.0 Å². The Morgan fingerprint density at radius 2 is 2.00 bits per heavy atom. The van der Waals surface area contributed by atoms with E-state index in [1.165, 1.54) is 16.3 Å². The van der Waals surface area contributed by atoms with Crippen LogP contribution in [0.1, 0.15) is 5.56 Å². The van der Waals surface area contributed by atoms with Crippen molar-refractivity contribution in [3.8, 4) is 0 Å². The number of quaternary nitrogens is 1. The van der Waals surface area contributed by atoms with Gasteiger partial charge in [-0.2, -0.15) is 0 Å². The van der Waals surface area contributed by atoms with Crippen molar-refractivity contribution in [1.82, 2.24) is 0 Å². The van der Waals surface area contributed by atoms with E-state index < -0.39 is 0 Å². The van der Waals surface area contributed by atoms with Gasteiger partial charge in [-0.1, -0.05) is 40.2 Å². The van der Waals surface area contributed by atoms with Crippen molar-refractivity contribution < 1.29 is 5.73 Å². The van der Waals surface area contributed by atoms with E-state index in [0.29, 0.717) is 0 Å². The molecular formula is C11H11BrN+. The van der Waals surface area contributed by atoms with Gasteiger partial charge < -0.3 is 5.73 Å². The molecule has 0 heterocycles. The van der Waals surface area contributed by atoms with Gasteiger partial charge in [0.1, 0.15) is 0 Å². The van der Waals surface area contributed by atoms with Crippen molar-refractivity contribution >= 4 is 26.7 Å². The summed E-state index contributed by atoms with van der Waals surface area (Å²) in [5, 5.41) is 2.54. The second kappa shape index (κ2) is 3.48. The lowest BCUT2D eigenvalue weighted by molar-refractivity contribution is -0.386. The molecule has 13 heavy (non-hydrogen) atoms. The maximum Gasteiger partial charge on any atom is 0.0997 e. The lowest BCUT2D eigenvalue weighted by Crippen LogP contribution is -2.47. The van der Waals surface area contributed by atoms with Crippen molar-refractivity contribution in [3.63, 3.8) is 0 Å². The van der Waals surface area contributed by atoms with Gasteiger partial charge in [0, 0.05) is 10.0 Å². The summed E-state index contributed by atoms with van der Waals surface area (Å²) in [5.74, 6) is 0. The van der Waals surface area contributed by atoms with Gasteiger partial charge >= 0.3 is 0 Å². The summed E-state index contributed by atoms with van der Waals surface area (Å²) in [7, 11) is 0. The van der Waals surface area contributed by atoms with E-state index >= 15 is 0 Å². The minimum absolute atomic E-state index is 0.850. The predicted molar refractivity (Wildman–Crippen MR) is 58.2 cm³/mol. The standard InChI is InChI=1S/C11H10BrN/c12-11-3-1-2-9-6-8(7-13)4-5-10(9)11/h1-6H,7,13H2/p+1. The molecule has 0 bridgehead atoms. The molecule has 0 spiro atoms. The highest BCUT2D eigenvalue weighted by Gasteiger charge is 1.98. The number of halogens is 1. The minimum Gasteiger partial charge on any atom is -0.354 e. The van der Waals surface area contributed by atoms with E-state index in [4.69, 9.17) is 0 Å². The highest BCUT2D eigenvalue weighted by atomic mass is 79.9. The quantitative estimate of drug-likeness (QED) is 0.788. The van der Waals surface area contributed by atoms with Gasteiger partial charge in [-0.3, -0.25) is 0 Å². The first kappa shape index (κ1) is 8.73. The third-order valence-corrected chi connectivity index (χ3v) is 2.87. The van der Waals surface area contributed by atoms with Gasteiger partial charge in [0.05, 0.1) is 6.54 Å². The maximum absolute atomic E-state index is 3.87. The zero-order chi connectivity index (χ0) is 9.26. The Bertz CT molecular complexity index is 437. The van der Waals surface area contributed by atoms with E-state index in [1.54, 1.807) is 0 Å². The average Bonchev–Trinajstić information content (AvgIpc) is 2.18. The highest BCUT2D eigenvalue weighted by Crippen LogP contribution is 2.24. The molecule has 2 heteroatoms. The summed E-state index contributed by atoms with van der Waals surface area (Å²) >= 11 is 3.53. The van der Waals surface area contributed by atoms with Crippen LogP contribution in [0.5, 0.6) is 0 Å². The second-order valence-electron chi connectivity index (χ2n) is 3.05. The van der Waals surface area contributed by atoms with E-state index in [-0.39, 0.29) is 0 Å². The SMILES string of the molecule is [NH3+]Cc1ccc2c(Br)cccc2c1. The van der Waals surface area contributed by atoms with Crippen LogP contribution < -0.4 is 5.73 Å². The normalized spacial score (nSPS) is 10.6. The van der Waals surface area contributed by atoms with Crippen LogP contribution >= 0.6 is 15.9 Å². The van der Waals surface area contributed by atoms with Crippen LogP contribution in [-0.4, -0.2) is 0 Å². The van der Waals surface area contributed by atoms with Gasteiger partial charge in [-0.15, -0.1) is 0 Å². The third-order valence-electron chi connectivity index (χ3n) is 2.18. The molecule has 0 aliphatic heterocycles. The van der Waals surface area contributed by atoms with Crippen LogP contribution in [0.3, 0.4) is 0 Å². The van der Waals surface area contributed by atoms with Gasteiger partial charge in [-0.25, -0.2) is 0 Å². The molecule has 3 N–H and O–H groups in total. The van der Waals surface area contributed by atoms with Gasteiger partial charge in [0.25, 0.3) is 0 Å². The molecule has 0 amide bonds. The first-order valence-electron chi connectivity index (χ1n) is 4.27. The molecule has 0 saturated carbocycles. The Hall–Kier alpha value is -0.860. The lowest BCUT2D eigenvalue weighted by Gasteiger charge is -2.01. The molecule has 0 aliphatic carbocycles. The zero-order valence-corrected chi connectivity index (χ0v) is 8.84. The van der Waals surface area contributed by atoms with Crippen molar-refractivity contribution in [2.24, 2.45) is 0 Å². The highest BCUT2D eigenvalue weighted by molar-refractivity contribution is 9.10. The fraction of sp³-hybridized carbons (Fsp3) is 0.0909. The summed E-state index contributed by atoms with van der Waals surface area (Å²) in [6.45, 7) is 0.850. The summed E-state index contributed by atoms with van der Waals surface area (Å²) < 4.78 is 1.15. The van der Waals surface area contributed by atoms with E-state index in [9.17, 15) is 0 Å². The van der Waals surface area contributed by atoms with Crippen molar-refractivity contribution in [2.45, 2.75) is 6.54 Å². The summed E-state index contributed by atoms with van der Waals surface area (Å²) in [6.07, 6.45) is 0. The van der Waals surface area contributed by atoms with Gasteiger partial charge in [0.15, 0.2) is 0 Å². The molecule has 2 rings (SSSR count). The third kappa shape index (κ3) is 1.60. The molecule has 0 aliphatic rings. The monoisotopic (exact) mass is 236 g/mol. The van der Waals surface area contributed by atoms with Crippen LogP contribution in [0, 0.1) is 0 Å². The lowest BCUT2D eigenvalue weighted by atomic mass is 10.1. The molecule has 0 atom stereocenters. The Morgan fingerprint density at radius 3 is 2.77 bits per heavy atom. The Kier molecular flexibility index (Phi) is 2.34. The van der Waals surface area contributed by atoms with E-state index in [1.807, 2.05) is 0 Å². The largest absolute Gasteiger partial charge is 0.354 e. The number of hydrogen-bond acceptors (Lipinski definition) is 0. The average molecular weight is 237 g/mol. The second-order valence-corrected chi connectivity index (χ2v) is 3.90. The van der Waals surface area contributed by atoms with E-state index in [2.05, 4.69) is 58.1 Å². The molecule has 2 aromatic rings. The fourth-order valence-electron chi connectivity index (χ4n) is 1.45. The van der Waals surface area contributed by atoms with Crippen LogP contribution in [0.25, 0.3) is 10.8 Å². The maximum atomic E-state index is 3.87. The number of rotatable bonds is 1. The van der Waals surface area contributed by atoms with Crippen molar-refractivity contribution in [1.29, 1.82) is 0 Å². The predicted octanol–water partition coefficient (Wildman–Crippen LogP) is 2.34. The molecule has 1 nitrogen and oxygen atoms in total. The molecule has 0 aromatic heterocycles. The molecular weight excluding hydrogens is 226 g/mol.